The van der Waals surface area contributed by atoms with Crippen LogP contribution in [0, 0.1) is 23.7 Å². The quantitative estimate of drug-likeness (QED) is 0.331. The van der Waals surface area contributed by atoms with Crippen LogP contribution in [-0.4, -0.2) is 42.1 Å². The van der Waals surface area contributed by atoms with Crippen molar-refractivity contribution in [2.75, 3.05) is 0 Å². The average molecular weight is 508 g/mol. The highest BCUT2D eigenvalue weighted by atomic mass is 16.6. The van der Waals surface area contributed by atoms with E-state index in [9.17, 15) is 19.2 Å². The molecule has 0 heterocycles. The predicted molar refractivity (Wildman–Crippen MR) is 134 cm³/mol. The minimum atomic E-state index is -1.02. The molecule has 36 heavy (non-hydrogen) atoms. The fourth-order valence-corrected chi connectivity index (χ4v) is 2.85. The minimum absolute atomic E-state index is 0.0483. The third-order valence-corrected chi connectivity index (χ3v) is 6.25. The molecule has 1 aromatic rings. The molecule has 0 aliphatic carbocycles. The predicted octanol–water partition coefficient (Wildman–Crippen LogP) is 3.83. The van der Waals surface area contributed by atoms with Gasteiger partial charge in [-0.15, -0.1) is 0 Å². The molecule has 1 aromatic carbocycles. The first-order valence-corrected chi connectivity index (χ1v) is 12.3. The summed E-state index contributed by atoms with van der Waals surface area (Å²) >= 11 is 0. The van der Waals surface area contributed by atoms with Gasteiger partial charge in [-0.1, -0.05) is 47.6 Å². The zero-order chi connectivity index (χ0) is 27.7. The second-order valence-electron chi connectivity index (χ2n) is 9.96. The first-order valence-electron chi connectivity index (χ1n) is 12.3. The van der Waals surface area contributed by atoms with Crippen LogP contribution in [0.1, 0.15) is 67.9 Å². The third-order valence-electron chi connectivity index (χ3n) is 6.25. The van der Waals surface area contributed by atoms with Gasteiger partial charge in [0.15, 0.2) is 11.5 Å². The van der Waals surface area contributed by atoms with Crippen molar-refractivity contribution >= 4 is 23.9 Å². The number of carbonyl (C=O) groups is 4. The molecule has 0 bridgehead atoms. The molecule has 0 spiro atoms. The largest absolute Gasteiger partial charge is 0.459 e. The molecule has 9 nitrogen and oxygen atoms in total. The summed E-state index contributed by atoms with van der Waals surface area (Å²) < 4.78 is 21.5. The molecule has 0 aliphatic heterocycles. The van der Waals surface area contributed by atoms with Crippen molar-refractivity contribution in [2.45, 2.75) is 87.0 Å². The number of esters is 4. The van der Waals surface area contributed by atoms with Crippen molar-refractivity contribution in [3.8, 4) is 11.5 Å². The lowest BCUT2D eigenvalue weighted by molar-refractivity contribution is -0.164. The van der Waals surface area contributed by atoms with Crippen molar-refractivity contribution in [1.29, 1.82) is 0 Å². The molecular formula is C27H41NO8. The van der Waals surface area contributed by atoms with Crippen LogP contribution in [-0.2, 0) is 35.1 Å². The van der Waals surface area contributed by atoms with Gasteiger partial charge < -0.3 is 24.7 Å². The first-order chi connectivity index (χ1) is 16.6. The zero-order valence-electron chi connectivity index (χ0n) is 22.8. The van der Waals surface area contributed by atoms with Gasteiger partial charge in [-0.2, -0.15) is 0 Å². The molecule has 5 atom stereocenters. The highest BCUT2D eigenvalue weighted by Crippen LogP contribution is 2.31. The number of carbonyl (C=O) groups excluding carboxylic acids is 4. The molecular weight excluding hydrogens is 466 g/mol. The van der Waals surface area contributed by atoms with E-state index >= 15 is 0 Å². The lowest BCUT2D eigenvalue weighted by Crippen LogP contribution is -2.39. The topological polar surface area (TPSA) is 131 Å². The van der Waals surface area contributed by atoms with Gasteiger partial charge in [-0.05, 0) is 49.8 Å². The van der Waals surface area contributed by atoms with E-state index < -0.39 is 42.1 Å². The first kappa shape index (κ1) is 31.1. The second-order valence-corrected chi connectivity index (χ2v) is 9.96. The Bertz CT molecular complexity index is 926. The summed E-state index contributed by atoms with van der Waals surface area (Å²) in [5.41, 5.74) is 6.64. The molecule has 0 saturated heterocycles. The van der Waals surface area contributed by atoms with Crippen LogP contribution in [0.25, 0.3) is 0 Å². The second kappa shape index (κ2) is 14.0. The molecule has 0 aliphatic rings. The SMILES string of the molecule is CC(=O)O[C@@H](C)[C@H](C)OC(=O)[C@@H](N)Cc1ccc(OC(=O)C(C)C(C)C)c(OC(=O)C(C)C(C)C)c1. The maximum absolute atomic E-state index is 12.6. The Balaban J connectivity index is 3.09. The Labute approximate surface area is 214 Å². The molecule has 0 aromatic heterocycles. The summed E-state index contributed by atoms with van der Waals surface area (Å²) in [7, 11) is 0. The molecule has 0 fully saturated rings. The number of hydrogen-bond donors (Lipinski definition) is 1. The summed E-state index contributed by atoms with van der Waals surface area (Å²) in [6, 6.07) is 3.67. The van der Waals surface area contributed by atoms with Gasteiger partial charge in [0.25, 0.3) is 0 Å². The molecule has 2 N–H and O–H groups in total. The summed E-state index contributed by atoms with van der Waals surface area (Å²) in [6.45, 7) is 15.6. The van der Waals surface area contributed by atoms with Crippen LogP contribution >= 0.6 is 0 Å². The fraction of sp³-hybridized carbons (Fsp3) is 0.630. The normalized spacial score (nSPS) is 15.4. The van der Waals surface area contributed by atoms with E-state index in [2.05, 4.69) is 0 Å². The average Bonchev–Trinajstić information content (AvgIpc) is 2.78. The molecule has 9 heteroatoms. The highest BCUT2D eigenvalue weighted by molar-refractivity contribution is 5.79. The molecule has 0 amide bonds. The maximum atomic E-state index is 12.6. The van der Waals surface area contributed by atoms with Crippen molar-refractivity contribution in [3.63, 3.8) is 0 Å². The van der Waals surface area contributed by atoms with Crippen LogP contribution in [0.15, 0.2) is 18.2 Å². The van der Waals surface area contributed by atoms with E-state index in [-0.39, 0.29) is 41.6 Å². The number of rotatable bonds is 12. The van der Waals surface area contributed by atoms with Crippen LogP contribution in [0.3, 0.4) is 0 Å². The van der Waals surface area contributed by atoms with Crippen LogP contribution in [0.2, 0.25) is 0 Å². The smallest absolute Gasteiger partial charge is 0.323 e. The summed E-state index contributed by atoms with van der Waals surface area (Å²) in [5, 5.41) is 0. The highest BCUT2D eigenvalue weighted by Gasteiger charge is 2.26. The zero-order valence-corrected chi connectivity index (χ0v) is 22.8. The van der Waals surface area contributed by atoms with Crippen LogP contribution < -0.4 is 15.2 Å². The van der Waals surface area contributed by atoms with Gasteiger partial charge >= 0.3 is 23.9 Å². The third kappa shape index (κ3) is 9.60. The summed E-state index contributed by atoms with van der Waals surface area (Å²) in [5.74, 6) is -2.50. The molecule has 2 unspecified atom stereocenters. The maximum Gasteiger partial charge on any atom is 0.323 e. The van der Waals surface area contributed by atoms with E-state index in [1.807, 2.05) is 27.7 Å². The molecule has 202 valence electrons. The van der Waals surface area contributed by atoms with Crippen LogP contribution in [0.4, 0.5) is 0 Å². The summed E-state index contributed by atoms with van der Waals surface area (Å²) in [6.07, 6.45) is -1.24. The van der Waals surface area contributed by atoms with Gasteiger partial charge in [0, 0.05) is 6.92 Å². The van der Waals surface area contributed by atoms with Crippen molar-refractivity contribution in [3.05, 3.63) is 23.8 Å². The van der Waals surface area contributed by atoms with E-state index in [0.29, 0.717) is 5.56 Å². The lowest BCUT2D eigenvalue weighted by Gasteiger charge is -2.22. The van der Waals surface area contributed by atoms with E-state index in [4.69, 9.17) is 24.7 Å². The van der Waals surface area contributed by atoms with Gasteiger partial charge in [-0.25, -0.2) is 0 Å². The Hall–Kier alpha value is -2.94. The Kier molecular flexibility index (Phi) is 12.1. The molecule has 0 radical (unpaired) electrons. The summed E-state index contributed by atoms with van der Waals surface area (Å²) in [4.78, 5) is 48.8. The number of nitrogens with two attached hydrogens (primary N) is 1. The Morgan fingerprint density at radius 1 is 0.722 bits per heavy atom. The van der Waals surface area contributed by atoms with Gasteiger partial charge in [0.2, 0.25) is 0 Å². The van der Waals surface area contributed by atoms with Crippen molar-refractivity contribution < 1.29 is 38.1 Å². The van der Waals surface area contributed by atoms with Gasteiger partial charge in [0.05, 0.1) is 11.8 Å². The van der Waals surface area contributed by atoms with Crippen LogP contribution in [0.5, 0.6) is 11.5 Å². The molecule has 0 saturated carbocycles. The van der Waals surface area contributed by atoms with Gasteiger partial charge in [0.1, 0.15) is 18.2 Å². The number of benzene rings is 1. The van der Waals surface area contributed by atoms with E-state index in [1.165, 1.54) is 19.1 Å². The Morgan fingerprint density at radius 2 is 1.19 bits per heavy atom. The van der Waals surface area contributed by atoms with E-state index in [0.717, 1.165) is 0 Å². The number of hydrogen-bond acceptors (Lipinski definition) is 9. The number of ether oxygens (including phenoxy) is 4. The van der Waals surface area contributed by atoms with Crippen molar-refractivity contribution in [1.82, 2.24) is 0 Å². The standard InChI is InChI=1S/C27H41NO8/c1-14(2)16(5)25(30)35-23-11-10-21(13-24(23)36-26(31)17(6)15(3)4)12-22(28)27(32)34-19(8)18(7)33-20(9)29/h10-11,13-19,22H,12,28H2,1-9H3/t16?,17?,18-,19-,22-/m0/s1. The fourth-order valence-electron chi connectivity index (χ4n) is 2.85. The van der Waals surface area contributed by atoms with E-state index in [1.54, 1.807) is 33.8 Å². The van der Waals surface area contributed by atoms with Crippen molar-refractivity contribution in [2.24, 2.45) is 29.4 Å². The minimum Gasteiger partial charge on any atom is -0.459 e. The lowest BCUT2D eigenvalue weighted by atomic mass is 9.98. The van der Waals surface area contributed by atoms with Gasteiger partial charge in [-0.3, -0.25) is 19.2 Å². The Morgan fingerprint density at radius 3 is 1.67 bits per heavy atom. The monoisotopic (exact) mass is 507 g/mol. The molecule has 1 rings (SSSR count).